The lowest BCUT2D eigenvalue weighted by molar-refractivity contribution is 0.0937. The molecule has 3 aromatic rings. The van der Waals surface area contributed by atoms with E-state index in [0.29, 0.717) is 4.96 Å². The molecule has 2 heterocycles. The fourth-order valence-electron chi connectivity index (χ4n) is 2.36. The Kier molecular flexibility index (Phi) is 4.15. The third kappa shape index (κ3) is 2.92. The molecule has 8 heteroatoms. The number of rotatable bonds is 3. The van der Waals surface area contributed by atoms with Gasteiger partial charge in [-0.3, -0.25) is 14.0 Å². The van der Waals surface area contributed by atoms with Crippen molar-refractivity contribution in [1.29, 1.82) is 0 Å². The van der Waals surface area contributed by atoms with Crippen molar-refractivity contribution in [3.8, 4) is 0 Å². The molecular weight excluding hydrogens is 336 g/mol. The van der Waals surface area contributed by atoms with Gasteiger partial charge in [0.2, 0.25) is 0 Å². The number of hydrogen-bond acceptors (Lipinski definition) is 4. The SMILES string of the molecule is Cc1cn2c(=O)c(C(=O)NC(C)c3ccc(F)cc3F)cnc2s1. The van der Waals surface area contributed by atoms with Gasteiger partial charge in [-0.05, 0) is 19.9 Å². The number of nitrogens with zero attached hydrogens (tertiary/aromatic N) is 2. The zero-order valence-electron chi connectivity index (χ0n) is 12.8. The third-order valence-electron chi connectivity index (χ3n) is 3.54. The van der Waals surface area contributed by atoms with Gasteiger partial charge in [0.05, 0.1) is 6.04 Å². The van der Waals surface area contributed by atoms with Crippen LogP contribution in [-0.4, -0.2) is 15.3 Å². The molecule has 1 N–H and O–H groups in total. The van der Waals surface area contributed by atoms with Crippen LogP contribution >= 0.6 is 11.3 Å². The zero-order valence-corrected chi connectivity index (χ0v) is 13.7. The number of benzene rings is 1. The van der Waals surface area contributed by atoms with Gasteiger partial charge in [-0.1, -0.05) is 6.07 Å². The Morgan fingerprint density at radius 2 is 2.12 bits per heavy atom. The van der Waals surface area contributed by atoms with E-state index in [1.165, 1.54) is 28.0 Å². The topological polar surface area (TPSA) is 63.5 Å². The molecule has 0 radical (unpaired) electrons. The Balaban J connectivity index is 1.89. The van der Waals surface area contributed by atoms with Gasteiger partial charge in [0.1, 0.15) is 17.2 Å². The summed E-state index contributed by atoms with van der Waals surface area (Å²) in [7, 11) is 0. The molecule has 124 valence electrons. The van der Waals surface area contributed by atoms with Crippen molar-refractivity contribution in [3.63, 3.8) is 0 Å². The third-order valence-corrected chi connectivity index (χ3v) is 4.46. The average molecular weight is 349 g/mol. The lowest BCUT2D eigenvalue weighted by atomic mass is 10.1. The molecule has 0 saturated carbocycles. The molecule has 0 aliphatic carbocycles. The van der Waals surface area contributed by atoms with Crippen LogP contribution in [0, 0.1) is 18.6 Å². The molecule has 1 amide bonds. The summed E-state index contributed by atoms with van der Waals surface area (Å²) in [4.78, 5) is 30.1. The van der Waals surface area contributed by atoms with Crippen molar-refractivity contribution in [2.24, 2.45) is 0 Å². The molecule has 24 heavy (non-hydrogen) atoms. The summed E-state index contributed by atoms with van der Waals surface area (Å²) >= 11 is 1.34. The van der Waals surface area contributed by atoms with Crippen LogP contribution in [0.15, 0.2) is 35.4 Å². The highest BCUT2D eigenvalue weighted by atomic mass is 32.1. The summed E-state index contributed by atoms with van der Waals surface area (Å²) in [6.45, 7) is 3.38. The van der Waals surface area contributed by atoms with Crippen LogP contribution in [0.4, 0.5) is 8.78 Å². The first kappa shape index (κ1) is 16.3. The van der Waals surface area contributed by atoms with E-state index >= 15 is 0 Å². The number of nitrogens with one attached hydrogen (secondary N) is 1. The van der Waals surface area contributed by atoms with Crippen LogP contribution in [0.3, 0.4) is 0 Å². The number of carbonyl (C=O) groups is 1. The molecule has 0 fully saturated rings. The van der Waals surface area contributed by atoms with Crippen molar-refractivity contribution in [2.75, 3.05) is 0 Å². The number of halogens is 2. The Labute approximate surface area is 139 Å². The first-order chi connectivity index (χ1) is 11.4. The number of aromatic nitrogens is 2. The lowest BCUT2D eigenvalue weighted by Gasteiger charge is -2.14. The molecule has 1 unspecified atom stereocenters. The molecule has 5 nitrogen and oxygen atoms in total. The van der Waals surface area contributed by atoms with Gasteiger partial charge in [-0.25, -0.2) is 13.8 Å². The molecule has 3 rings (SSSR count). The van der Waals surface area contributed by atoms with Gasteiger partial charge in [-0.2, -0.15) is 0 Å². The van der Waals surface area contributed by atoms with Crippen LogP contribution in [0.5, 0.6) is 0 Å². The molecule has 0 aliphatic heterocycles. The predicted molar refractivity (Wildman–Crippen MR) is 86.3 cm³/mol. The Morgan fingerprint density at radius 3 is 2.83 bits per heavy atom. The Bertz CT molecular complexity index is 997. The first-order valence-corrected chi connectivity index (χ1v) is 7.92. The Hall–Kier alpha value is -2.61. The van der Waals surface area contributed by atoms with Crippen LogP contribution in [-0.2, 0) is 0 Å². The minimum absolute atomic E-state index is 0.130. The van der Waals surface area contributed by atoms with Gasteiger partial charge < -0.3 is 5.32 Å². The number of carbonyl (C=O) groups excluding carboxylic acids is 1. The van der Waals surface area contributed by atoms with E-state index < -0.39 is 29.1 Å². The number of fused-ring (bicyclic) bond motifs is 1. The summed E-state index contributed by atoms with van der Waals surface area (Å²) in [5, 5.41) is 2.53. The minimum atomic E-state index is -0.762. The van der Waals surface area contributed by atoms with Crippen LogP contribution in [0.2, 0.25) is 0 Å². The zero-order chi connectivity index (χ0) is 17.4. The minimum Gasteiger partial charge on any atom is -0.345 e. The highest BCUT2D eigenvalue weighted by Crippen LogP contribution is 2.18. The number of hydrogen-bond donors (Lipinski definition) is 1. The fourth-order valence-corrected chi connectivity index (χ4v) is 3.14. The largest absolute Gasteiger partial charge is 0.345 e. The van der Waals surface area contributed by atoms with E-state index in [2.05, 4.69) is 10.3 Å². The summed E-state index contributed by atoms with van der Waals surface area (Å²) in [6.07, 6.45) is 2.81. The predicted octanol–water partition coefficient (Wildman–Crippen LogP) is 2.83. The lowest BCUT2D eigenvalue weighted by Crippen LogP contribution is -2.33. The molecular formula is C16H13F2N3O2S. The molecule has 2 aromatic heterocycles. The molecule has 0 aliphatic rings. The highest BCUT2D eigenvalue weighted by molar-refractivity contribution is 7.16. The number of amides is 1. The fraction of sp³-hybridized carbons (Fsp3) is 0.188. The maximum Gasteiger partial charge on any atom is 0.271 e. The van der Waals surface area contributed by atoms with Gasteiger partial charge in [0.25, 0.3) is 11.5 Å². The van der Waals surface area contributed by atoms with E-state index in [9.17, 15) is 18.4 Å². The van der Waals surface area contributed by atoms with E-state index in [4.69, 9.17) is 0 Å². The summed E-state index contributed by atoms with van der Waals surface area (Å²) < 4.78 is 28.0. The van der Waals surface area contributed by atoms with Crippen molar-refractivity contribution in [2.45, 2.75) is 19.9 Å². The highest BCUT2D eigenvalue weighted by Gasteiger charge is 2.19. The average Bonchev–Trinajstić information content (AvgIpc) is 2.88. The standard InChI is InChI=1S/C16H13F2N3O2S/c1-8-7-21-15(23)12(6-19-16(21)24-8)14(22)20-9(2)11-4-3-10(17)5-13(11)18/h3-7,9H,1-2H3,(H,20,22). The quantitative estimate of drug-likeness (QED) is 0.791. The smallest absolute Gasteiger partial charge is 0.271 e. The van der Waals surface area contributed by atoms with Crippen LogP contribution in [0.25, 0.3) is 4.96 Å². The van der Waals surface area contributed by atoms with Crippen LogP contribution in [0.1, 0.15) is 33.8 Å². The molecule has 0 bridgehead atoms. The number of aryl methyl sites for hydroxylation is 1. The van der Waals surface area contributed by atoms with Crippen molar-refractivity contribution in [3.05, 3.63) is 68.6 Å². The maximum absolute atomic E-state index is 13.8. The molecule has 0 saturated heterocycles. The monoisotopic (exact) mass is 349 g/mol. The van der Waals surface area contributed by atoms with Crippen molar-refractivity contribution >= 4 is 22.2 Å². The molecule has 1 atom stereocenters. The van der Waals surface area contributed by atoms with Gasteiger partial charge in [0, 0.05) is 28.9 Å². The molecule has 1 aromatic carbocycles. The van der Waals surface area contributed by atoms with Crippen LogP contribution < -0.4 is 10.9 Å². The van der Waals surface area contributed by atoms with E-state index in [-0.39, 0.29) is 11.1 Å². The second-order valence-electron chi connectivity index (χ2n) is 5.33. The summed E-state index contributed by atoms with van der Waals surface area (Å²) in [5.41, 5.74) is -0.501. The normalized spacial score (nSPS) is 12.3. The summed E-state index contributed by atoms with van der Waals surface area (Å²) in [5.74, 6) is -2.13. The first-order valence-electron chi connectivity index (χ1n) is 7.10. The van der Waals surface area contributed by atoms with Crippen molar-refractivity contribution in [1.82, 2.24) is 14.7 Å². The maximum atomic E-state index is 13.8. The Morgan fingerprint density at radius 1 is 1.38 bits per heavy atom. The second-order valence-corrected chi connectivity index (χ2v) is 6.55. The second kappa shape index (κ2) is 6.12. The van der Waals surface area contributed by atoms with Gasteiger partial charge in [0.15, 0.2) is 4.96 Å². The van der Waals surface area contributed by atoms with Crippen molar-refractivity contribution < 1.29 is 13.6 Å². The van der Waals surface area contributed by atoms with E-state index in [0.717, 1.165) is 17.0 Å². The van der Waals surface area contributed by atoms with Gasteiger partial charge >= 0.3 is 0 Å². The number of thiazole rings is 1. The summed E-state index contributed by atoms with van der Waals surface area (Å²) in [6, 6.07) is 2.38. The van der Waals surface area contributed by atoms with E-state index in [1.54, 1.807) is 13.1 Å². The molecule has 0 spiro atoms. The van der Waals surface area contributed by atoms with Gasteiger partial charge in [-0.15, -0.1) is 11.3 Å². The van der Waals surface area contributed by atoms with E-state index in [1.807, 2.05) is 6.92 Å².